The van der Waals surface area contributed by atoms with Crippen LogP contribution in [0.5, 0.6) is 0 Å². The molecule has 0 unspecified atom stereocenters. The molecule has 0 radical (unpaired) electrons. The number of carbonyl (C=O) groups is 2. The highest BCUT2D eigenvalue weighted by molar-refractivity contribution is 5.69. The molecule has 126 valence electrons. The van der Waals surface area contributed by atoms with Crippen LogP contribution in [0.2, 0.25) is 0 Å². The average molecular weight is 310 g/mol. The van der Waals surface area contributed by atoms with Crippen LogP contribution in [0, 0.1) is 11.3 Å². The molecule has 1 fully saturated rings. The summed E-state index contributed by atoms with van der Waals surface area (Å²) in [7, 11) is 0. The lowest BCUT2D eigenvalue weighted by Gasteiger charge is -2.52. The molecular formula is C18H30O4. The van der Waals surface area contributed by atoms with Crippen molar-refractivity contribution >= 4 is 11.9 Å². The van der Waals surface area contributed by atoms with Crippen molar-refractivity contribution in [2.45, 2.75) is 71.8 Å². The molecule has 1 aliphatic carbocycles. The summed E-state index contributed by atoms with van der Waals surface area (Å²) in [6.45, 7) is 11.6. The largest absolute Gasteiger partial charge is 0.461 e. The highest BCUT2D eigenvalue weighted by Gasteiger charge is 2.55. The van der Waals surface area contributed by atoms with Crippen LogP contribution in [0.25, 0.3) is 0 Å². The van der Waals surface area contributed by atoms with E-state index in [-0.39, 0.29) is 29.9 Å². The van der Waals surface area contributed by atoms with E-state index in [1.165, 1.54) is 6.92 Å². The second-order valence-electron chi connectivity index (χ2n) is 6.66. The number of unbranched alkanes of at least 4 members (excludes halogenated alkanes) is 1. The summed E-state index contributed by atoms with van der Waals surface area (Å²) in [5, 5.41) is 0. The molecule has 0 saturated heterocycles. The van der Waals surface area contributed by atoms with Gasteiger partial charge in [0, 0.05) is 24.7 Å². The van der Waals surface area contributed by atoms with Crippen molar-refractivity contribution in [2.75, 3.05) is 6.61 Å². The van der Waals surface area contributed by atoms with Crippen molar-refractivity contribution < 1.29 is 19.1 Å². The summed E-state index contributed by atoms with van der Waals surface area (Å²) in [5.74, 6) is -0.448. The maximum Gasteiger partial charge on any atom is 0.305 e. The number of hydrogen-bond acceptors (Lipinski definition) is 4. The van der Waals surface area contributed by atoms with Gasteiger partial charge in [0.15, 0.2) is 5.60 Å². The van der Waals surface area contributed by atoms with E-state index in [0.717, 1.165) is 32.1 Å². The Morgan fingerprint density at radius 1 is 1.41 bits per heavy atom. The maximum atomic E-state index is 11.9. The first-order chi connectivity index (χ1) is 10.3. The van der Waals surface area contributed by atoms with E-state index >= 15 is 0 Å². The fourth-order valence-electron chi connectivity index (χ4n) is 3.45. The Bertz CT molecular complexity index is 417. The standard InChI is InChI=1S/C18H30O4/c1-6-8-11-16(20)21-13-18(22-15(4)19)14(3)10-9-12-17(18,5)7-2/h7,14H,2,6,8-13H2,1,3-5H3/t14-,17+,18-/m1/s1. The minimum Gasteiger partial charge on any atom is -0.461 e. The van der Waals surface area contributed by atoms with Gasteiger partial charge in [-0.25, -0.2) is 0 Å². The zero-order valence-corrected chi connectivity index (χ0v) is 14.4. The Morgan fingerprint density at radius 2 is 2.09 bits per heavy atom. The fraction of sp³-hybridized carbons (Fsp3) is 0.778. The van der Waals surface area contributed by atoms with Crippen LogP contribution in [0.1, 0.15) is 66.2 Å². The molecule has 22 heavy (non-hydrogen) atoms. The van der Waals surface area contributed by atoms with Gasteiger partial charge in [0.2, 0.25) is 0 Å². The molecule has 0 aromatic carbocycles. The van der Waals surface area contributed by atoms with Crippen molar-refractivity contribution in [1.29, 1.82) is 0 Å². The molecule has 0 aromatic heterocycles. The molecule has 0 spiro atoms. The number of esters is 2. The van der Waals surface area contributed by atoms with Crippen LogP contribution in [0.3, 0.4) is 0 Å². The van der Waals surface area contributed by atoms with Crippen LogP contribution in [-0.4, -0.2) is 24.1 Å². The fourth-order valence-corrected chi connectivity index (χ4v) is 3.45. The maximum absolute atomic E-state index is 11.9. The lowest BCUT2D eigenvalue weighted by Crippen LogP contribution is -2.59. The Labute approximate surface area is 134 Å². The van der Waals surface area contributed by atoms with Crippen molar-refractivity contribution in [1.82, 2.24) is 0 Å². The third kappa shape index (κ3) is 3.90. The number of ether oxygens (including phenoxy) is 2. The van der Waals surface area contributed by atoms with E-state index < -0.39 is 5.60 Å². The third-order valence-corrected chi connectivity index (χ3v) is 5.05. The van der Waals surface area contributed by atoms with Crippen LogP contribution >= 0.6 is 0 Å². The van der Waals surface area contributed by atoms with Crippen molar-refractivity contribution in [3.05, 3.63) is 12.7 Å². The zero-order chi connectivity index (χ0) is 16.8. The highest BCUT2D eigenvalue weighted by Crippen LogP contribution is 2.50. The second kappa shape index (κ2) is 7.80. The van der Waals surface area contributed by atoms with Crippen molar-refractivity contribution in [2.24, 2.45) is 11.3 Å². The van der Waals surface area contributed by atoms with Gasteiger partial charge in [0.05, 0.1) is 0 Å². The number of carbonyl (C=O) groups excluding carboxylic acids is 2. The zero-order valence-electron chi connectivity index (χ0n) is 14.4. The third-order valence-electron chi connectivity index (χ3n) is 5.05. The van der Waals surface area contributed by atoms with Crippen LogP contribution in [-0.2, 0) is 19.1 Å². The van der Waals surface area contributed by atoms with Crippen LogP contribution in [0.15, 0.2) is 12.7 Å². The number of rotatable bonds is 7. The van der Waals surface area contributed by atoms with E-state index in [0.29, 0.717) is 6.42 Å². The molecule has 0 bridgehead atoms. The molecule has 4 heteroatoms. The Hall–Kier alpha value is -1.32. The first-order valence-corrected chi connectivity index (χ1v) is 8.30. The second-order valence-corrected chi connectivity index (χ2v) is 6.66. The first kappa shape index (κ1) is 18.7. The van der Waals surface area contributed by atoms with Crippen molar-refractivity contribution in [3.63, 3.8) is 0 Å². The Kier molecular flexibility index (Phi) is 6.64. The minimum atomic E-state index is -0.819. The number of hydrogen-bond donors (Lipinski definition) is 0. The van der Waals surface area contributed by atoms with Crippen LogP contribution in [0.4, 0.5) is 0 Å². The van der Waals surface area contributed by atoms with Gasteiger partial charge in [0.1, 0.15) is 6.61 Å². The van der Waals surface area contributed by atoms with Gasteiger partial charge in [-0.2, -0.15) is 0 Å². The van der Waals surface area contributed by atoms with E-state index in [4.69, 9.17) is 9.47 Å². The molecule has 3 atom stereocenters. The SMILES string of the molecule is C=C[C@@]1(C)CCC[C@@H](C)[C@@]1(COC(=O)CCCC)OC(C)=O. The smallest absolute Gasteiger partial charge is 0.305 e. The summed E-state index contributed by atoms with van der Waals surface area (Å²) in [5.41, 5.74) is -1.21. The molecule has 0 heterocycles. The molecule has 1 saturated carbocycles. The lowest BCUT2D eigenvalue weighted by atomic mass is 9.60. The van der Waals surface area contributed by atoms with Gasteiger partial charge in [-0.05, 0) is 19.3 Å². The van der Waals surface area contributed by atoms with E-state index in [9.17, 15) is 9.59 Å². The van der Waals surface area contributed by atoms with Gasteiger partial charge in [-0.1, -0.05) is 39.7 Å². The average Bonchev–Trinajstić information content (AvgIpc) is 2.47. The highest BCUT2D eigenvalue weighted by atomic mass is 16.6. The molecule has 0 N–H and O–H groups in total. The van der Waals surface area contributed by atoms with Gasteiger partial charge in [-0.15, -0.1) is 6.58 Å². The van der Waals surface area contributed by atoms with E-state index in [2.05, 4.69) is 13.5 Å². The van der Waals surface area contributed by atoms with E-state index in [1.807, 2.05) is 19.9 Å². The Balaban J connectivity index is 2.98. The molecule has 4 nitrogen and oxygen atoms in total. The summed E-state index contributed by atoms with van der Waals surface area (Å²) in [4.78, 5) is 23.6. The summed E-state index contributed by atoms with van der Waals surface area (Å²) in [6, 6.07) is 0. The van der Waals surface area contributed by atoms with Gasteiger partial charge in [0.25, 0.3) is 0 Å². The molecule has 1 aliphatic rings. The predicted octanol–water partition coefficient (Wildman–Crippen LogP) is 4.03. The summed E-state index contributed by atoms with van der Waals surface area (Å²) < 4.78 is 11.3. The normalized spacial score (nSPS) is 31.4. The predicted molar refractivity (Wildman–Crippen MR) is 86.3 cm³/mol. The van der Waals surface area contributed by atoms with Gasteiger partial charge < -0.3 is 9.47 Å². The van der Waals surface area contributed by atoms with Gasteiger partial charge in [-0.3, -0.25) is 9.59 Å². The van der Waals surface area contributed by atoms with Crippen LogP contribution < -0.4 is 0 Å². The quantitative estimate of drug-likeness (QED) is 0.526. The molecule has 0 amide bonds. The monoisotopic (exact) mass is 310 g/mol. The minimum absolute atomic E-state index is 0.110. The Morgan fingerprint density at radius 3 is 2.64 bits per heavy atom. The molecule has 0 aromatic rings. The summed E-state index contributed by atoms with van der Waals surface area (Å²) >= 11 is 0. The first-order valence-electron chi connectivity index (χ1n) is 8.30. The van der Waals surface area contributed by atoms with Crippen molar-refractivity contribution in [3.8, 4) is 0 Å². The molecule has 1 rings (SSSR count). The van der Waals surface area contributed by atoms with E-state index in [1.54, 1.807) is 0 Å². The summed E-state index contributed by atoms with van der Waals surface area (Å²) in [6.07, 6.45) is 6.90. The van der Waals surface area contributed by atoms with Gasteiger partial charge >= 0.3 is 11.9 Å². The molecule has 0 aliphatic heterocycles. The topological polar surface area (TPSA) is 52.6 Å². The lowest BCUT2D eigenvalue weighted by molar-refractivity contribution is -0.205. The molecular weight excluding hydrogens is 280 g/mol.